The molecule has 2 amide bonds. The molecular formula is C12H12F3N5O2. The van der Waals surface area contributed by atoms with E-state index in [1.807, 2.05) is 0 Å². The number of anilines is 1. The molecule has 0 fully saturated rings. The van der Waals surface area contributed by atoms with Crippen LogP contribution < -0.4 is 11.1 Å². The second-order valence-electron chi connectivity index (χ2n) is 4.37. The van der Waals surface area contributed by atoms with Crippen LogP contribution in [0, 0.1) is 0 Å². The van der Waals surface area contributed by atoms with E-state index in [0.717, 1.165) is 10.9 Å². The number of nitrogens with one attached hydrogen (secondary N) is 2. The third-order valence-electron chi connectivity index (χ3n) is 2.81. The lowest BCUT2D eigenvalue weighted by Crippen LogP contribution is -2.17. The third kappa shape index (κ3) is 3.10. The van der Waals surface area contributed by atoms with Crippen molar-refractivity contribution in [1.29, 1.82) is 0 Å². The van der Waals surface area contributed by atoms with Crippen LogP contribution in [0.1, 0.15) is 33.5 Å². The van der Waals surface area contributed by atoms with Crippen molar-refractivity contribution in [3.05, 3.63) is 35.4 Å². The van der Waals surface area contributed by atoms with E-state index in [-0.39, 0.29) is 17.9 Å². The highest BCUT2D eigenvalue weighted by molar-refractivity contribution is 6.05. The van der Waals surface area contributed by atoms with Crippen LogP contribution >= 0.6 is 0 Å². The summed E-state index contributed by atoms with van der Waals surface area (Å²) in [6.07, 6.45) is -2.49. The number of nitrogens with two attached hydrogens (primary N) is 1. The van der Waals surface area contributed by atoms with Crippen LogP contribution in [-0.2, 0) is 12.7 Å². The Bertz CT molecular complexity index is 717. The number of rotatable bonds is 4. The van der Waals surface area contributed by atoms with Gasteiger partial charge in [-0.05, 0) is 13.0 Å². The highest BCUT2D eigenvalue weighted by atomic mass is 19.4. The molecule has 0 radical (unpaired) electrons. The van der Waals surface area contributed by atoms with Crippen molar-refractivity contribution in [3.8, 4) is 0 Å². The highest BCUT2D eigenvalue weighted by Gasteiger charge is 2.39. The van der Waals surface area contributed by atoms with Crippen LogP contribution in [0.5, 0.6) is 0 Å². The molecule has 0 aliphatic heterocycles. The number of halogens is 3. The summed E-state index contributed by atoms with van der Waals surface area (Å²) in [4.78, 5) is 25.4. The van der Waals surface area contributed by atoms with E-state index >= 15 is 0 Å². The number of primary amides is 1. The summed E-state index contributed by atoms with van der Waals surface area (Å²) in [5.74, 6) is -1.74. The molecule has 0 saturated heterocycles. The van der Waals surface area contributed by atoms with Crippen molar-refractivity contribution >= 4 is 17.5 Å². The Morgan fingerprint density at radius 2 is 2.14 bits per heavy atom. The Balaban J connectivity index is 2.28. The fourth-order valence-corrected chi connectivity index (χ4v) is 1.77. The highest BCUT2D eigenvalue weighted by Crippen LogP contribution is 2.31. The predicted octanol–water partition coefficient (Wildman–Crippen LogP) is 1.60. The van der Waals surface area contributed by atoms with E-state index in [0.29, 0.717) is 0 Å². The van der Waals surface area contributed by atoms with Crippen LogP contribution in [0.4, 0.5) is 18.9 Å². The number of alkyl halides is 3. The third-order valence-corrected chi connectivity index (χ3v) is 2.81. The fourth-order valence-electron chi connectivity index (χ4n) is 1.77. The zero-order valence-corrected chi connectivity index (χ0v) is 11.4. The van der Waals surface area contributed by atoms with Crippen molar-refractivity contribution in [1.82, 2.24) is 14.8 Å². The van der Waals surface area contributed by atoms with Crippen LogP contribution in [0.25, 0.3) is 0 Å². The number of hydrogen-bond donors (Lipinski definition) is 3. The van der Waals surface area contributed by atoms with E-state index in [1.54, 1.807) is 6.92 Å². The van der Waals surface area contributed by atoms with Crippen LogP contribution in [0.2, 0.25) is 0 Å². The summed E-state index contributed by atoms with van der Waals surface area (Å²) in [6, 6.07) is 1.22. The van der Waals surface area contributed by atoms with Gasteiger partial charge in [0.2, 0.25) is 0 Å². The zero-order chi connectivity index (χ0) is 16.5. The van der Waals surface area contributed by atoms with Crippen molar-refractivity contribution < 1.29 is 22.8 Å². The molecule has 0 aromatic carbocycles. The summed E-state index contributed by atoms with van der Waals surface area (Å²) < 4.78 is 39.7. The van der Waals surface area contributed by atoms with E-state index in [1.165, 1.54) is 12.3 Å². The van der Waals surface area contributed by atoms with E-state index in [2.05, 4.69) is 15.4 Å². The molecule has 22 heavy (non-hydrogen) atoms. The van der Waals surface area contributed by atoms with Gasteiger partial charge in [0.15, 0.2) is 5.69 Å². The molecule has 0 atom stereocenters. The first kappa shape index (κ1) is 15.6. The number of aromatic nitrogens is 3. The second-order valence-corrected chi connectivity index (χ2v) is 4.37. The number of aryl methyl sites for hydroxylation is 1. The minimum absolute atomic E-state index is 0.0237. The molecular weight excluding hydrogens is 303 g/mol. The monoisotopic (exact) mass is 315 g/mol. The molecule has 0 aliphatic rings. The molecule has 2 aromatic heterocycles. The normalized spacial score (nSPS) is 11.5. The van der Waals surface area contributed by atoms with E-state index in [4.69, 9.17) is 5.73 Å². The molecule has 7 nitrogen and oxygen atoms in total. The van der Waals surface area contributed by atoms with Gasteiger partial charge in [-0.3, -0.25) is 14.3 Å². The lowest BCUT2D eigenvalue weighted by Gasteiger charge is -2.05. The molecule has 2 aromatic rings. The van der Waals surface area contributed by atoms with Crippen molar-refractivity contribution in [2.45, 2.75) is 19.6 Å². The maximum atomic E-state index is 12.9. The number of nitrogens with zero attached hydrogens (tertiary/aromatic N) is 2. The Hall–Kier alpha value is -2.78. The van der Waals surface area contributed by atoms with Gasteiger partial charge in [0.05, 0.1) is 11.3 Å². The van der Waals surface area contributed by atoms with Crippen LogP contribution in [-0.4, -0.2) is 26.6 Å². The summed E-state index contributed by atoms with van der Waals surface area (Å²) in [5.41, 5.74) is 3.30. The second kappa shape index (κ2) is 5.54. The first-order valence-corrected chi connectivity index (χ1v) is 6.16. The van der Waals surface area contributed by atoms with E-state index < -0.39 is 29.2 Å². The largest absolute Gasteiger partial charge is 0.435 e. The smallest absolute Gasteiger partial charge is 0.364 e. The minimum atomic E-state index is -4.75. The summed E-state index contributed by atoms with van der Waals surface area (Å²) in [5, 5.41) is 5.60. The van der Waals surface area contributed by atoms with Crippen molar-refractivity contribution in [2.24, 2.45) is 5.73 Å². The Morgan fingerprint density at radius 1 is 1.45 bits per heavy atom. The number of H-pyrrole nitrogens is 1. The first-order chi connectivity index (χ1) is 10.2. The van der Waals surface area contributed by atoms with Crippen molar-refractivity contribution in [3.63, 3.8) is 0 Å². The number of carbonyl (C=O) groups is 2. The lowest BCUT2D eigenvalue weighted by atomic mass is 10.2. The Kier molecular flexibility index (Phi) is 3.93. The number of carbonyl (C=O) groups excluding carboxylic acids is 2. The molecule has 10 heteroatoms. The van der Waals surface area contributed by atoms with Gasteiger partial charge in [-0.1, -0.05) is 0 Å². The zero-order valence-electron chi connectivity index (χ0n) is 11.4. The maximum absolute atomic E-state index is 12.9. The molecule has 0 unspecified atom stereocenters. The van der Waals surface area contributed by atoms with Gasteiger partial charge in [-0.15, -0.1) is 0 Å². The van der Waals surface area contributed by atoms with Gasteiger partial charge in [0.1, 0.15) is 5.69 Å². The average molecular weight is 315 g/mol. The standard InChI is InChI=1S/C12H12F3N5O2/c1-2-20-5-7(9(19-20)12(13,14)15)11(22)18-6-3-8(10(16)21)17-4-6/h3-5,17H,2H2,1H3,(H2,16,21)(H,18,22). The van der Waals surface area contributed by atoms with Gasteiger partial charge in [-0.2, -0.15) is 18.3 Å². The summed E-state index contributed by atoms with van der Waals surface area (Å²) in [7, 11) is 0. The molecule has 0 spiro atoms. The molecule has 2 rings (SSSR count). The van der Waals surface area contributed by atoms with Gasteiger partial charge < -0.3 is 16.0 Å². The SMILES string of the molecule is CCn1cc(C(=O)Nc2c[nH]c(C(N)=O)c2)c(C(F)(F)F)n1. The molecule has 0 saturated carbocycles. The lowest BCUT2D eigenvalue weighted by molar-refractivity contribution is -0.141. The van der Waals surface area contributed by atoms with Gasteiger partial charge in [0, 0.05) is 18.9 Å². The van der Waals surface area contributed by atoms with Crippen LogP contribution in [0.3, 0.4) is 0 Å². The molecule has 4 N–H and O–H groups in total. The number of hydrogen-bond acceptors (Lipinski definition) is 3. The average Bonchev–Trinajstić information content (AvgIpc) is 3.03. The fraction of sp³-hybridized carbons (Fsp3) is 0.250. The van der Waals surface area contributed by atoms with Gasteiger partial charge in [0.25, 0.3) is 11.8 Å². The minimum Gasteiger partial charge on any atom is -0.364 e. The maximum Gasteiger partial charge on any atom is 0.435 e. The summed E-state index contributed by atoms with van der Waals surface area (Å²) in [6.45, 7) is 1.78. The number of aromatic amines is 1. The van der Waals surface area contributed by atoms with Gasteiger partial charge in [-0.25, -0.2) is 0 Å². The molecule has 2 heterocycles. The Labute approximate surface area is 122 Å². The molecule has 0 bridgehead atoms. The Morgan fingerprint density at radius 3 is 2.64 bits per heavy atom. The molecule has 0 aliphatic carbocycles. The topological polar surface area (TPSA) is 106 Å². The summed E-state index contributed by atoms with van der Waals surface area (Å²) >= 11 is 0. The van der Waals surface area contributed by atoms with Crippen molar-refractivity contribution in [2.75, 3.05) is 5.32 Å². The van der Waals surface area contributed by atoms with E-state index in [9.17, 15) is 22.8 Å². The van der Waals surface area contributed by atoms with Gasteiger partial charge >= 0.3 is 6.18 Å². The quantitative estimate of drug-likeness (QED) is 0.798. The predicted molar refractivity (Wildman–Crippen MR) is 70.2 cm³/mol. The number of amides is 2. The first-order valence-electron chi connectivity index (χ1n) is 6.16. The molecule has 118 valence electrons. The van der Waals surface area contributed by atoms with Crippen LogP contribution in [0.15, 0.2) is 18.5 Å².